The van der Waals surface area contributed by atoms with Crippen LogP contribution in [0.5, 0.6) is 11.5 Å². The van der Waals surface area contributed by atoms with E-state index in [2.05, 4.69) is 15.8 Å². The smallest absolute Gasteiger partial charge is 0.271 e. The minimum atomic E-state index is -0.424. The molecule has 0 aliphatic carbocycles. The highest BCUT2D eigenvalue weighted by Crippen LogP contribution is 2.23. The highest BCUT2D eigenvalue weighted by atomic mass is 35.5. The number of aromatic hydroxyl groups is 1. The van der Waals surface area contributed by atoms with Crippen LogP contribution in [0.25, 0.3) is 0 Å². The summed E-state index contributed by atoms with van der Waals surface area (Å²) in [6.07, 6.45) is 1.56. The van der Waals surface area contributed by atoms with Gasteiger partial charge in [0.1, 0.15) is 18.1 Å². The summed E-state index contributed by atoms with van der Waals surface area (Å²) < 4.78 is 5.79. The van der Waals surface area contributed by atoms with Gasteiger partial charge in [-0.25, -0.2) is 5.43 Å². The molecule has 0 saturated carbocycles. The lowest BCUT2D eigenvalue weighted by Crippen LogP contribution is -2.20. The summed E-state index contributed by atoms with van der Waals surface area (Å²) in [5.41, 5.74) is 5.72. The molecule has 0 aromatic heterocycles. The number of hydrogen-bond donors (Lipinski definition) is 3. The van der Waals surface area contributed by atoms with E-state index in [4.69, 9.17) is 27.9 Å². The number of hydrazone groups is 1. The van der Waals surface area contributed by atoms with Crippen molar-refractivity contribution in [3.8, 4) is 11.5 Å². The van der Waals surface area contributed by atoms with Crippen molar-refractivity contribution in [3.05, 3.63) is 93.0 Å². The highest BCUT2D eigenvalue weighted by molar-refractivity contribution is 6.32. The summed E-state index contributed by atoms with van der Waals surface area (Å²) in [6.45, 7) is 3.93. The Morgan fingerprint density at radius 1 is 1.09 bits per heavy atom. The van der Waals surface area contributed by atoms with E-state index in [1.165, 1.54) is 18.2 Å². The van der Waals surface area contributed by atoms with Crippen LogP contribution in [0, 0.1) is 6.92 Å². The Bertz CT molecular complexity index is 1100. The van der Waals surface area contributed by atoms with Gasteiger partial charge in [0.25, 0.3) is 5.91 Å². The zero-order valence-corrected chi connectivity index (χ0v) is 19.0. The van der Waals surface area contributed by atoms with Gasteiger partial charge in [0, 0.05) is 23.7 Å². The van der Waals surface area contributed by atoms with Crippen molar-refractivity contribution < 1.29 is 14.6 Å². The first-order valence-electron chi connectivity index (χ1n) is 9.93. The van der Waals surface area contributed by atoms with E-state index in [1.807, 2.05) is 49.4 Å². The molecule has 0 aliphatic rings. The molecule has 1 amide bonds. The standard InChI is InChI=1S/C24H23Cl2N3O3/c1-16-12-21(32-11-10-27-14-17-2-6-20(25)7-3-17)8-4-19(16)15-28-29-24(31)18-5-9-23(30)22(26)13-18/h2-9,12-13,15,27,30H,10-11,14H2,1H3,(H,29,31)/b28-15+. The number of phenols is 1. The van der Waals surface area contributed by atoms with Gasteiger partial charge in [-0.2, -0.15) is 5.10 Å². The number of nitrogens with zero attached hydrogens (tertiary/aromatic N) is 1. The second-order valence-corrected chi connectivity index (χ2v) is 7.88. The highest BCUT2D eigenvalue weighted by Gasteiger charge is 2.07. The second-order valence-electron chi connectivity index (χ2n) is 7.04. The number of rotatable bonds is 9. The molecule has 0 heterocycles. The first kappa shape index (κ1) is 23.6. The quantitative estimate of drug-likeness (QED) is 0.234. The van der Waals surface area contributed by atoms with E-state index < -0.39 is 5.91 Å². The number of nitrogens with one attached hydrogen (secondary N) is 2. The molecule has 32 heavy (non-hydrogen) atoms. The Kier molecular flexibility index (Phi) is 8.50. The molecule has 3 aromatic carbocycles. The van der Waals surface area contributed by atoms with Crippen molar-refractivity contribution in [2.75, 3.05) is 13.2 Å². The zero-order valence-electron chi connectivity index (χ0n) is 17.4. The van der Waals surface area contributed by atoms with Crippen LogP contribution in [0.2, 0.25) is 10.0 Å². The van der Waals surface area contributed by atoms with Crippen molar-refractivity contribution in [1.29, 1.82) is 0 Å². The van der Waals surface area contributed by atoms with Gasteiger partial charge >= 0.3 is 0 Å². The predicted molar refractivity (Wildman–Crippen MR) is 128 cm³/mol. The Balaban J connectivity index is 1.44. The summed E-state index contributed by atoms with van der Waals surface area (Å²) in [4.78, 5) is 12.1. The third kappa shape index (κ3) is 6.99. The molecular weight excluding hydrogens is 449 g/mol. The van der Waals surface area contributed by atoms with Gasteiger partial charge in [0.2, 0.25) is 0 Å². The van der Waals surface area contributed by atoms with Gasteiger partial charge < -0.3 is 15.2 Å². The lowest BCUT2D eigenvalue weighted by Gasteiger charge is -2.09. The fraction of sp³-hybridized carbons (Fsp3) is 0.167. The maximum absolute atomic E-state index is 12.1. The van der Waals surface area contributed by atoms with Crippen LogP contribution in [0.4, 0.5) is 0 Å². The fourth-order valence-corrected chi connectivity index (χ4v) is 3.14. The number of carbonyl (C=O) groups excluding carboxylic acids is 1. The zero-order chi connectivity index (χ0) is 22.9. The molecule has 0 spiro atoms. The van der Waals surface area contributed by atoms with E-state index >= 15 is 0 Å². The van der Waals surface area contributed by atoms with Gasteiger partial charge in [0.15, 0.2) is 0 Å². The van der Waals surface area contributed by atoms with Gasteiger partial charge in [-0.1, -0.05) is 35.3 Å². The van der Waals surface area contributed by atoms with Crippen molar-refractivity contribution in [2.24, 2.45) is 5.10 Å². The third-order valence-corrected chi connectivity index (χ3v) is 5.17. The molecular formula is C24H23Cl2N3O3. The molecule has 0 radical (unpaired) electrons. The summed E-state index contributed by atoms with van der Waals surface area (Å²) in [7, 11) is 0. The molecule has 6 nitrogen and oxygen atoms in total. The first-order chi connectivity index (χ1) is 15.4. The second kappa shape index (κ2) is 11.5. The first-order valence-corrected chi connectivity index (χ1v) is 10.7. The molecule has 0 unspecified atom stereocenters. The third-order valence-electron chi connectivity index (χ3n) is 4.61. The molecule has 3 aromatic rings. The van der Waals surface area contributed by atoms with Crippen LogP contribution in [0.15, 0.2) is 65.8 Å². The van der Waals surface area contributed by atoms with E-state index in [1.54, 1.807) is 6.21 Å². The number of benzene rings is 3. The van der Waals surface area contributed by atoms with E-state index in [-0.39, 0.29) is 10.8 Å². The molecule has 3 N–H and O–H groups in total. The topological polar surface area (TPSA) is 83.0 Å². The van der Waals surface area contributed by atoms with Crippen LogP contribution in [0.3, 0.4) is 0 Å². The number of carbonyl (C=O) groups is 1. The summed E-state index contributed by atoms with van der Waals surface area (Å²) in [6, 6.07) is 17.6. The van der Waals surface area contributed by atoms with Gasteiger partial charge in [0.05, 0.1) is 11.2 Å². The lowest BCUT2D eigenvalue weighted by atomic mass is 10.1. The number of aryl methyl sites for hydroxylation is 1. The number of phenolic OH excluding ortho intramolecular Hbond substituents is 1. The monoisotopic (exact) mass is 471 g/mol. The molecule has 0 bridgehead atoms. The minimum Gasteiger partial charge on any atom is -0.506 e. The van der Waals surface area contributed by atoms with Crippen molar-refractivity contribution in [2.45, 2.75) is 13.5 Å². The predicted octanol–water partition coefficient (Wildman–Crippen LogP) is 4.94. The Morgan fingerprint density at radius 3 is 2.59 bits per heavy atom. The summed E-state index contributed by atoms with van der Waals surface area (Å²) in [5, 5.41) is 17.6. The number of hydrogen-bond acceptors (Lipinski definition) is 5. The average Bonchev–Trinajstić information content (AvgIpc) is 2.78. The van der Waals surface area contributed by atoms with Crippen LogP contribution in [-0.4, -0.2) is 30.4 Å². The van der Waals surface area contributed by atoms with E-state index in [9.17, 15) is 9.90 Å². The van der Waals surface area contributed by atoms with E-state index in [0.29, 0.717) is 18.7 Å². The average molecular weight is 472 g/mol. The van der Waals surface area contributed by atoms with Gasteiger partial charge in [-0.15, -0.1) is 0 Å². The van der Waals surface area contributed by atoms with Gasteiger partial charge in [-0.05, 0) is 72.1 Å². The molecule has 0 atom stereocenters. The SMILES string of the molecule is Cc1cc(OCCNCc2ccc(Cl)cc2)ccc1/C=N/NC(=O)c1ccc(O)c(Cl)c1. The fourth-order valence-electron chi connectivity index (χ4n) is 2.83. The van der Waals surface area contributed by atoms with Gasteiger partial charge in [-0.3, -0.25) is 4.79 Å². The van der Waals surface area contributed by atoms with E-state index in [0.717, 1.165) is 34.0 Å². The number of halogens is 2. The number of ether oxygens (including phenoxy) is 1. The lowest BCUT2D eigenvalue weighted by molar-refractivity contribution is 0.0955. The Hall–Kier alpha value is -3.06. The van der Waals surface area contributed by atoms with Crippen LogP contribution in [-0.2, 0) is 6.54 Å². The maximum Gasteiger partial charge on any atom is 0.271 e. The molecule has 3 rings (SSSR count). The van der Waals surface area contributed by atoms with Crippen LogP contribution in [0.1, 0.15) is 27.0 Å². The summed E-state index contributed by atoms with van der Waals surface area (Å²) in [5.74, 6) is 0.254. The normalized spacial score (nSPS) is 11.0. The van der Waals surface area contributed by atoms with Crippen molar-refractivity contribution >= 4 is 35.3 Å². The van der Waals surface area contributed by atoms with Crippen molar-refractivity contribution in [3.63, 3.8) is 0 Å². The summed E-state index contributed by atoms with van der Waals surface area (Å²) >= 11 is 11.7. The van der Waals surface area contributed by atoms with Crippen LogP contribution < -0.4 is 15.5 Å². The molecule has 0 saturated heterocycles. The number of amides is 1. The molecule has 166 valence electrons. The Labute approximate surface area is 196 Å². The minimum absolute atomic E-state index is 0.0815. The largest absolute Gasteiger partial charge is 0.506 e. The molecule has 0 aliphatic heterocycles. The maximum atomic E-state index is 12.1. The van der Waals surface area contributed by atoms with Crippen molar-refractivity contribution in [1.82, 2.24) is 10.7 Å². The Morgan fingerprint density at radius 2 is 1.88 bits per heavy atom. The van der Waals surface area contributed by atoms with Crippen LogP contribution >= 0.6 is 23.2 Å². The molecule has 8 heteroatoms. The molecule has 0 fully saturated rings.